The largest absolute Gasteiger partial charge is 0.456 e. The Morgan fingerprint density at radius 2 is 2.08 bits per heavy atom. The molecule has 0 atom stereocenters. The first-order valence-corrected chi connectivity index (χ1v) is 8.54. The molecule has 0 radical (unpaired) electrons. The number of carbonyl (C=O) groups is 1. The van der Waals surface area contributed by atoms with Crippen molar-refractivity contribution >= 4 is 56.1 Å². The molecule has 7 nitrogen and oxygen atoms in total. The van der Waals surface area contributed by atoms with Crippen molar-refractivity contribution in [3.63, 3.8) is 0 Å². The van der Waals surface area contributed by atoms with Gasteiger partial charge in [-0.25, -0.2) is 4.98 Å². The van der Waals surface area contributed by atoms with Gasteiger partial charge in [-0.2, -0.15) is 0 Å². The number of hydrogen-bond acceptors (Lipinski definition) is 7. The summed E-state index contributed by atoms with van der Waals surface area (Å²) in [5.74, 6) is 0.0341. The fourth-order valence-corrected chi connectivity index (χ4v) is 4.02. The van der Waals surface area contributed by atoms with E-state index < -0.39 is 5.91 Å². The summed E-state index contributed by atoms with van der Waals surface area (Å²) in [6.07, 6.45) is 1.11. The molecule has 130 valence electrons. The maximum Gasteiger partial charge on any atom is 0.260 e. The molecule has 4 aromatic rings. The summed E-state index contributed by atoms with van der Waals surface area (Å²) in [5, 5.41) is 9.21. The molecule has 0 saturated heterocycles. The van der Waals surface area contributed by atoms with Gasteiger partial charge in [0.2, 0.25) is 0 Å². The van der Waals surface area contributed by atoms with Crippen molar-refractivity contribution in [2.45, 2.75) is 6.92 Å². The van der Waals surface area contributed by atoms with E-state index in [1.165, 1.54) is 0 Å². The van der Waals surface area contributed by atoms with Gasteiger partial charge in [-0.15, -0.1) is 11.3 Å². The highest BCUT2D eigenvalue weighted by Crippen LogP contribution is 2.43. The van der Waals surface area contributed by atoms with E-state index in [1.54, 1.807) is 0 Å². The first-order valence-electron chi connectivity index (χ1n) is 7.73. The number of nitrogens with zero attached hydrogens (tertiary/aromatic N) is 1. The smallest absolute Gasteiger partial charge is 0.260 e. The number of rotatable bonds is 3. The van der Waals surface area contributed by atoms with Gasteiger partial charge in [0.05, 0.1) is 5.69 Å². The number of nitrogens with one attached hydrogen (secondary N) is 1. The maximum absolute atomic E-state index is 11.7. The number of carbonyl (C=O) groups excluding carboxylic acids is 1. The van der Waals surface area contributed by atoms with E-state index in [1.807, 2.05) is 31.2 Å². The molecule has 0 aliphatic heterocycles. The molecule has 8 heteroatoms. The molecule has 1 amide bonds. The summed E-state index contributed by atoms with van der Waals surface area (Å²) in [4.78, 5) is 16.7. The van der Waals surface area contributed by atoms with Gasteiger partial charge in [0, 0.05) is 28.1 Å². The molecule has 0 unspecified atom stereocenters. The Balaban J connectivity index is 2.14. The molecule has 0 aliphatic rings. The van der Waals surface area contributed by atoms with E-state index in [4.69, 9.17) is 27.0 Å². The van der Waals surface area contributed by atoms with Gasteiger partial charge in [0.25, 0.3) is 5.91 Å². The van der Waals surface area contributed by atoms with Crippen LogP contribution in [-0.2, 0) is 0 Å². The Morgan fingerprint density at radius 3 is 2.77 bits per heavy atom. The van der Waals surface area contributed by atoms with Crippen LogP contribution in [0.15, 0.2) is 28.7 Å². The molecule has 1 aromatic carbocycles. The second kappa shape index (κ2) is 5.57. The van der Waals surface area contributed by atoms with Crippen LogP contribution < -0.4 is 17.2 Å². The number of aryl methyl sites for hydroxylation is 1. The summed E-state index contributed by atoms with van der Waals surface area (Å²) in [5.41, 5.74) is 20.6. The zero-order chi connectivity index (χ0) is 18.6. The van der Waals surface area contributed by atoms with Crippen molar-refractivity contribution in [3.8, 4) is 11.3 Å². The Labute approximate surface area is 151 Å². The second-order valence-corrected chi connectivity index (χ2v) is 6.97. The lowest BCUT2D eigenvalue weighted by atomic mass is 10.0. The van der Waals surface area contributed by atoms with Crippen LogP contribution in [-0.4, -0.2) is 17.1 Å². The molecule has 4 rings (SSSR count). The monoisotopic (exact) mass is 365 g/mol. The second-order valence-electron chi connectivity index (χ2n) is 5.97. The molecule has 0 spiro atoms. The van der Waals surface area contributed by atoms with E-state index in [-0.39, 0.29) is 16.4 Å². The maximum atomic E-state index is 11.7. The van der Waals surface area contributed by atoms with Crippen LogP contribution in [0.5, 0.6) is 0 Å². The number of hydrogen-bond donors (Lipinski definition) is 4. The van der Waals surface area contributed by atoms with E-state index >= 15 is 0 Å². The number of nitrogen functional groups attached to an aromatic ring is 2. The van der Waals surface area contributed by atoms with Crippen LogP contribution in [0.1, 0.15) is 20.8 Å². The number of nitrogens with two attached hydrogens (primary N) is 3. The number of fused-ring (bicyclic) bond motifs is 2. The quantitative estimate of drug-likeness (QED) is 0.412. The molecule has 7 N–H and O–H groups in total. The molecular weight excluding hydrogens is 350 g/mol. The third-order valence-electron chi connectivity index (χ3n) is 4.23. The van der Waals surface area contributed by atoms with Gasteiger partial charge in [-0.05, 0) is 25.1 Å². The Hall–Kier alpha value is -3.39. The van der Waals surface area contributed by atoms with E-state index in [2.05, 4.69) is 4.98 Å². The average Bonchev–Trinajstić information content (AvgIpc) is 3.14. The van der Waals surface area contributed by atoms with Crippen LogP contribution in [0.25, 0.3) is 32.5 Å². The van der Waals surface area contributed by atoms with Crippen molar-refractivity contribution in [3.05, 3.63) is 40.3 Å². The summed E-state index contributed by atoms with van der Waals surface area (Å²) >= 11 is 1.08. The van der Waals surface area contributed by atoms with Crippen molar-refractivity contribution < 1.29 is 9.21 Å². The molecule has 0 saturated carbocycles. The first-order chi connectivity index (χ1) is 12.4. The highest BCUT2D eigenvalue weighted by Gasteiger charge is 2.24. The molecule has 0 fully saturated rings. The molecule has 3 aromatic heterocycles. The van der Waals surface area contributed by atoms with Crippen molar-refractivity contribution in [1.29, 1.82) is 5.41 Å². The lowest BCUT2D eigenvalue weighted by molar-refractivity contribution is 0.100. The van der Waals surface area contributed by atoms with Crippen molar-refractivity contribution in [1.82, 2.24) is 4.98 Å². The van der Waals surface area contributed by atoms with E-state index in [9.17, 15) is 4.79 Å². The third-order valence-corrected chi connectivity index (χ3v) is 5.34. The molecule has 26 heavy (non-hydrogen) atoms. The molecule has 0 bridgehead atoms. The van der Waals surface area contributed by atoms with Gasteiger partial charge in [-0.1, -0.05) is 11.6 Å². The van der Waals surface area contributed by atoms with Crippen LogP contribution in [0, 0.1) is 12.3 Å². The van der Waals surface area contributed by atoms with Crippen LogP contribution in [0.2, 0.25) is 0 Å². The van der Waals surface area contributed by atoms with Gasteiger partial charge in [0.1, 0.15) is 26.9 Å². The summed E-state index contributed by atoms with van der Waals surface area (Å²) in [6, 6.07) is 7.70. The number of furan rings is 1. The van der Waals surface area contributed by atoms with Crippen LogP contribution in [0.4, 0.5) is 11.5 Å². The minimum atomic E-state index is -0.633. The number of primary amides is 1. The molecule has 0 aliphatic carbocycles. The number of anilines is 2. The lowest BCUT2D eigenvalue weighted by Crippen LogP contribution is -2.10. The topological polar surface area (TPSA) is 145 Å². The number of amides is 1. The average molecular weight is 365 g/mol. The predicted molar refractivity (Wildman–Crippen MR) is 105 cm³/mol. The van der Waals surface area contributed by atoms with E-state index in [0.29, 0.717) is 32.7 Å². The highest BCUT2D eigenvalue weighted by atomic mass is 32.1. The van der Waals surface area contributed by atoms with Crippen molar-refractivity contribution in [2.75, 3.05) is 11.5 Å². The Kier molecular flexibility index (Phi) is 3.45. The van der Waals surface area contributed by atoms with Crippen LogP contribution in [0.3, 0.4) is 0 Å². The fourth-order valence-electron chi connectivity index (χ4n) is 3.06. The number of benzene rings is 1. The standard InChI is InChI=1S/C18H15N5O2S/c1-7-2-3-10-8(4-7)5-11(25-10)12-9(6-19)16(21)23-18-13(12)14(20)15(26-18)17(22)24/h2-6,19H,20H2,1H3,(H2,21,23)(H2,22,24). The molecular formula is C18H15N5O2S. The predicted octanol–water partition coefficient (Wildman–Crippen LogP) is 3.28. The first kappa shape index (κ1) is 16.1. The lowest BCUT2D eigenvalue weighted by Gasteiger charge is -2.08. The number of aromatic nitrogens is 1. The van der Waals surface area contributed by atoms with Gasteiger partial charge in [-0.3, -0.25) is 4.79 Å². The van der Waals surface area contributed by atoms with Gasteiger partial charge < -0.3 is 27.0 Å². The zero-order valence-electron chi connectivity index (χ0n) is 13.8. The SMILES string of the molecule is Cc1ccc2oc(-c3c(C=N)c(N)nc4sc(C(N)=O)c(N)c34)cc2c1. The summed E-state index contributed by atoms with van der Waals surface area (Å²) < 4.78 is 5.99. The molecule has 3 heterocycles. The van der Waals surface area contributed by atoms with Gasteiger partial charge >= 0.3 is 0 Å². The Morgan fingerprint density at radius 1 is 1.31 bits per heavy atom. The highest BCUT2D eigenvalue weighted by molar-refractivity contribution is 7.21. The fraction of sp³-hybridized carbons (Fsp3) is 0.0556. The van der Waals surface area contributed by atoms with E-state index in [0.717, 1.165) is 28.5 Å². The third kappa shape index (κ3) is 2.23. The normalized spacial score (nSPS) is 11.3. The zero-order valence-corrected chi connectivity index (χ0v) is 14.6. The Bertz CT molecular complexity index is 1220. The number of thiophene rings is 1. The summed E-state index contributed by atoms with van der Waals surface area (Å²) in [6.45, 7) is 1.99. The minimum absolute atomic E-state index is 0.163. The van der Waals surface area contributed by atoms with Crippen molar-refractivity contribution in [2.24, 2.45) is 5.73 Å². The minimum Gasteiger partial charge on any atom is -0.456 e. The summed E-state index contributed by atoms with van der Waals surface area (Å²) in [7, 11) is 0. The number of pyridine rings is 1. The van der Waals surface area contributed by atoms with Crippen LogP contribution >= 0.6 is 11.3 Å². The van der Waals surface area contributed by atoms with Gasteiger partial charge in [0.15, 0.2) is 0 Å².